The van der Waals surface area contributed by atoms with Crippen LogP contribution in [0.3, 0.4) is 0 Å². The molecule has 1 N–H and O–H groups in total. The van der Waals surface area contributed by atoms with Crippen molar-refractivity contribution in [2.75, 3.05) is 0 Å². The average molecular weight is 241 g/mol. The van der Waals surface area contributed by atoms with E-state index in [2.05, 4.69) is 24.1 Å². The number of rotatable bonds is 4. The van der Waals surface area contributed by atoms with Crippen LogP contribution < -0.4 is 5.32 Å². The van der Waals surface area contributed by atoms with Crippen molar-refractivity contribution in [3.8, 4) is 0 Å². The van der Waals surface area contributed by atoms with E-state index < -0.39 is 0 Å². The highest BCUT2D eigenvalue weighted by molar-refractivity contribution is 6.30. The first kappa shape index (κ1) is 13.0. The van der Waals surface area contributed by atoms with Gasteiger partial charge < -0.3 is 5.32 Å². The monoisotopic (exact) mass is 240 g/mol. The standard InChI is InChI=1S/C12H17ClN2O/c1-4-8(2)9(3)15-12(16)11-7-10(13)5-6-14-11/h5-9H,4H2,1-3H3,(H,15,16). The summed E-state index contributed by atoms with van der Waals surface area (Å²) in [5.74, 6) is 0.276. The molecule has 0 aliphatic heterocycles. The van der Waals surface area contributed by atoms with Gasteiger partial charge in [-0.25, -0.2) is 0 Å². The molecule has 0 aromatic carbocycles. The topological polar surface area (TPSA) is 42.0 Å². The van der Waals surface area contributed by atoms with E-state index in [9.17, 15) is 4.79 Å². The first-order valence-corrected chi connectivity index (χ1v) is 5.84. The lowest BCUT2D eigenvalue weighted by Gasteiger charge is -2.19. The number of halogens is 1. The smallest absolute Gasteiger partial charge is 0.270 e. The molecular weight excluding hydrogens is 224 g/mol. The number of nitrogens with zero attached hydrogens (tertiary/aromatic N) is 1. The summed E-state index contributed by atoms with van der Waals surface area (Å²) in [5, 5.41) is 3.44. The molecule has 1 amide bonds. The summed E-state index contributed by atoms with van der Waals surface area (Å²) in [6.45, 7) is 6.21. The van der Waals surface area contributed by atoms with Crippen molar-refractivity contribution in [3.05, 3.63) is 29.0 Å². The quantitative estimate of drug-likeness (QED) is 0.879. The van der Waals surface area contributed by atoms with Crippen LogP contribution in [0.25, 0.3) is 0 Å². The van der Waals surface area contributed by atoms with E-state index in [0.717, 1.165) is 6.42 Å². The van der Waals surface area contributed by atoms with Gasteiger partial charge in [0.1, 0.15) is 5.69 Å². The second-order valence-electron chi connectivity index (χ2n) is 4.01. The lowest BCUT2D eigenvalue weighted by Crippen LogP contribution is -2.37. The molecule has 1 heterocycles. The van der Waals surface area contributed by atoms with E-state index in [0.29, 0.717) is 16.6 Å². The second kappa shape index (κ2) is 5.85. The van der Waals surface area contributed by atoms with E-state index in [-0.39, 0.29) is 11.9 Å². The third-order valence-corrected chi connectivity index (χ3v) is 3.05. The van der Waals surface area contributed by atoms with Crippen molar-refractivity contribution in [1.82, 2.24) is 10.3 Å². The highest BCUT2D eigenvalue weighted by Gasteiger charge is 2.15. The zero-order valence-corrected chi connectivity index (χ0v) is 10.6. The second-order valence-corrected chi connectivity index (χ2v) is 4.44. The third kappa shape index (κ3) is 3.49. The summed E-state index contributed by atoms with van der Waals surface area (Å²) in [7, 11) is 0. The molecule has 2 atom stereocenters. The minimum absolute atomic E-state index is 0.137. The van der Waals surface area contributed by atoms with Crippen molar-refractivity contribution >= 4 is 17.5 Å². The van der Waals surface area contributed by atoms with Gasteiger partial charge in [0, 0.05) is 17.3 Å². The molecule has 1 aromatic rings. The minimum Gasteiger partial charge on any atom is -0.348 e. The number of nitrogens with one attached hydrogen (secondary N) is 1. The summed E-state index contributed by atoms with van der Waals surface area (Å²) in [5.41, 5.74) is 0.364. The molecule has 0 bridgehead atoms. The summed E-state index contributed by atoms with van der Waals surface area (Å²) in [4.78, 5) is 15.8. The van der Waals surface area contributed by atoms with Gasteiger partial charge in [-0.1, -0.05) is 31.9 Å². The Balaban J connectivity index is 2.66. The Morgan fingerprint density at radius 2 is 2.25 bits per heavy atom. The van der Waals surface area contributed by atoms with Gasteiger partial charge in [-0.2, -0.15) is 0 Å². The Morgan fingerprint density at radius 3 is 2.81 bits per heavy atom. The number of carbonyl (C=O) groups is 1. The lowest BCUT2D eigenvalue weighted by molar-refractivity contribution is 0.0923. The van der Waals surface area contributed by atoms with Gasteiger partial charge >= 0.3 is 0 Å². The maximum Gasteiger partial charge on any atom is 0.270 e. The van der Waals surface area contributed by atoms with Crippen LogP contribution >= 0.6 is 11.6 Å². The van der Waals surface area contributed by atoms with Crippen LogP contribution in [0.1, 0.15) is 37.7 Å². The fourth-order valence-corrected chi connectivity index (χ4v) is 1.47. The van der Waals surface area contributed by atoms with Gasteiger partial charge in [0.15, 0.2) is 0 Å². The number of hydrogen-bond donors (Lipinski definition) is 1. The maximum atomic E-state index is 11.8. The van der Waals surface area contributed by atoms with E-state index in [1.54, 1.807) is 12.1 Å². The first-order valence-electron chi connectivity index (χ1n) is 5.47. The number of aromatic nitrogens is 1. The first-order chi connectivity index (χ1) is 7.54. The molecule has 0 saturated carbocycles. The SMILES string of the molecule is CCC(C)C(C)NC(=O)c1cc(Cl)ccn1. The molecular formula is C12H17ClN2O. The van der Waals surface area contributed by atoms with Crippen molar-refractivity contribution in [2.45, 2.75) is 33.2 Å². The molecule has 88 valence electrons. The van der Waals surface area contributed by atoms with Gasteiger partial charge in [-0.3, -0.25) is 9.78 Å². The average Bonchev–Trinajstić information content (AvgIpc) is 2.27. The Hall–Kier alpha value is -1.09. The molecule has 16 heavy (non-hydrogen) atoms. The van der Waals surface area contributed by atoms with E-state index in [1.165, 1.54) is 6.20 Å². The van der Waals surface area contributed by atoms with Crippen LogP contribution in [0.2, 0.25) is 5.02 Å². The van der Waals surface area contributed by atoms with E-state index >= 15 is 0 Å². The van der Waals surface area contributed by atoms with E-state index in [4.69, 9.17) is 11.6 Å². The highest BCUT2D eigenvalue weighted by Crippen LogP contribution is 2.10. The minimum atomic E-state index is -0.171. The Kier molecular flexibility index (Phi) is 4.74. The zero-order valence-electron chi connectivity index (χ0n) is 9.83. The lowest BCUT2D eigenvalue weighted by atomic mass is 10.0. The van der Waals surface area contributed by atoms with Crippen molar-refractivity contribution < 1.29 is 4.79 Å². The van der Waals surface area contributed by atoms with Gasteiger partial charge in [-0.15, -0.1) is 0 Å². The number of pyridine rings is 1. The molecule has 2 unspecified atom stereocenters. The summed E-state index contributed by atoms with van der Waals surface area (Å²) >= 11 is 5.80. The van der Waals surface area contributed by atoms with E-state index in [1.807, 2.05) is 6.92 Å². The van der Waals surface area contributed by atoms with Gasteiger partial charge in [-0.05, 0) is 25.0 Å². The predicted molar refractivity (Wildman–Crippen MR) is 65.6 cm³/mol. The zero-order chi connectivity index (χ0) is 12.1. The van der Waals surface area contributed by atoms with Crippen LogP contribution in [-0.4, -0.2) is 16.9 Å². The molecule has 0 saturated heterocycles. The van der Waals surface area contributed by atoms with Crippen LogP contribution in [0.4, 0.5) is 0 Å². The van der Waals surface area contributed by atoms with Crippen molar-refractivity contribution in [3.63, 3.8) is 0 Å². The van der Waals surface area contributed by atoms with Gasteiger partial charge in [0.25, 0.3) is 5.91 Å². The molecule has 1 aromatic heterocycles. The fourth-order valence-electron chi connectivity index (χ4n) is 1.31. The van der Waals surface area contributed by atoms with Crippen LogP contribution in [0.5, 0.6) is 0 Å². The van der Waals surface area contributed by atoms with Gasteiger partial charge in [0.2, 0.25) is 0 Å². The number of carbonyl (C=O) groups excluding carboxylic acids is 1. The van der Waals surface area contributed by atoms with Crippen LogP contribution in [-0.2, 0) is 0 Å². The van der Waals surface area contributed by atoms with Crippen LogP contribution in [0, 0.1) is 5.92 Å². The third-order valence-electron chi connectivity index (χ3n) is 2.81. The van der Waals surface area contributed by atoms with Gasteiger partial charge in [0.05, 0.1) is 0 Å². The number of hydrogen-bond acceptors (Lipinski definition) is 2. The normalized spacial score (nSPS) is 14.2. The Labute approximate surface area is 101 Å². The molecule has 3 nitrogen and oxygen atoms in total. The largest absolute Gasteiger partial charge is 0.348 e. The fraction of sp³-hybridized carbons (Fsp3) is 0.500. The maximum absolute atomic E-state index is 11.8. The highest BCUT2D eigenvalue weighted by atomic mass is 35.5. The van der Waals surface area contributed by atoms with Crippen molar-refractivity contribution in [2.24, 2.45) is 5.92 Å². The Bertz CT molecular complexity index is 368. The molecule has 4 heteroatoms. The summed E-state index contributed by atoms with van der Waals surface area (Å²) < 4.78 is 0. The molecule has 0 aliphatic carbocycles. The molecule has 0 aliphatic rings. The van der Waals surface area contributed by atoms with Crippen molar-refractivity contribution in [1.29, 1.82) is 0 Å². The number of amides is 1. The van der Waals surface area contributed by atoms with Crippen LogP contribution in [0.15, 0.2) is 18.3 Å². The Morgan fingerprint density at radius 1 is 1.56 bits per heavy atom. The molecule has 0 spiro atoms. The molecule has 0 radical (unpaired) electrons. The summed E-state index contributed by atoms with van der Waals surface area (Å²) in [6.07, 6.45) is 2.57. The molecule has 0 fully saturated rings. The molecule has 1 rings (SSSR count). The predicted octanol–water partition coefficient (Wildman–Crippen LogP) is 2.90. The summed E-state index contributed by atoms with van der Waals surface area (Å²) in [6, 6.07) is 3.36.